The SMILES string of the molecule is OC1C(F)CCN1CCCn1c2ccc(F)cc2c2cc(F)ccc21. The quantitative estimate of drug-likeness (QED) is 0.776. The molecule has 3 aromatic rings. The van der Waals surface area contributed by atoms with Crippen LogP contribution in [0, 0.1) is 11.6 Å². The van der Waals surface area contributed by atoms with E-state index in [1.165, 1.54) is 24.3 Å². The molecule has 2 atom stereocenters. The van der Waals surface area contributed by atoms with Crippen LogP contribution in [0.1, 0.15) is 12.8 Å². The number of aliphatic hydroxyl groups is 1. The number of halogens is 3. The van der Waals surface area contributed by atoms with Crippen molar-refractivity contribution in [3.8, 4) is 0 Å². The van der Waals surface area contributed by atoms with E-state index >= 15 is 0 Å². The first-order valence-corrected chi connectivity index (χ1v) is 8.48. The fraction of sp³-hybridized carbons (Fsp3) is 0.368. The molecule has 0 amide bonds. The van der Waals surface area contributed by atoms with Crippen molar-refractivity contribution in [1.82, 2.24) is 9.47 Å². The maximum Gasteiger partial charge on any atom is 0.141 e. The zero-order chi connectivity index (χ0) is 17.6. The first kappa shape index (κ1) is 16.4. The van der Waals surface area contributed by atoms with E-state index in [1.54, 1.807) is 17.0 Å². The molecule has 2 heterocycles. The second kappa shape index (κ2) is 6.35. The van der Waals surface area contributed by atoms with Gasteiger partial charge in [0.2, 0.25) is 0 Å². The van der Waals surface area contributed by atoms with Crippen LogP contribution in [0.2, 0.25) is 0 Å². The van der Waals surface area contributed by atoms with E-state index in [0.29, 0.717) is 43.2 Å². The molecule has 0 saturated carbocycles. The summed E-state index contributed by atoms with van der Waals surface area (Å²) in [5.74, 6) is -0.713. The predicted molar refractivity (Wildman–Crippen MR) is 91.1 cm³/mol. The van der Waals surface area contributed by atoms with Crippen molar-refractivity contribution in [1.29, 1.82) is 0 Å². The van der Waals surface area contributed by atoms with Crippen molar-refractivity contribution >= 4 is 21.8 Å². The van der Waals surface area contributed by atoms with Crippen LogP contribution in [0.25, 0.3) is 21.8 Å². The number of aryl methyl sites for hydroxylation is 1. The molecule has 6 heteroatoms. The summed E-state index contributed by atoms with van der Waals surface area (Å²) in [6.07, 6.45) is -1.15. The van der Waals surface area contributed by atoms with Crippen molar-refractivity contribution in [3.05, 3.63) is 48.0 Å². The molecule has 1 aromatic heterocycles. The Kier molecular flexibility index (Phi) is 4.17. The maximum absolute atomic E-state index is 13.6. The molecular formula is C19H19F3N2O. The van der Waals surface area contributed by atoms with Gasteiger partial charge in [0.15, 0.2) is 0 Å². The molecule has 132 valence electrons. The first-order chi connectivity index (χ1) is 12.0. The van der Waals surface area contributed by atoms with Crippen molar-refractivity contribution in [3.63, 3.8) is 0 Å². The van der Waals surface area contributed by atoms with Crippen LogP contribution in [-0.2, 0) is 6.54 Å². The number of likely N-dealkylation sites (tertiary alicyclic amines) is 1. The lowest BCUT2D eigenvalue weighted by Crippen LogP contribution is -2.34. The summed E-state index contributed by atoms with van der Waals surface area (Å²) in [4.78, 5) is 1.73. The molecule has 1 aliphatic heterocycles. The van der Waals surface area contributed by atoms with Gasteiger partial charge in [-0.1, -0.05) is 0 Å². The molecular weight excluding hydrogens is 329 g/mol. The highest BCUT2D eigenvalue weighted by Gasteiger charge is 2.31. The van der Waals surface area contributed by atoms with Crippen LogP contribution in [0.5, 0.6) is 0 Å². The summed E-state index contributed by atoms with van der Waals surface area (Å²) < 4.78 is 42.7. The maximum atomic E-state index is 13.6. The molecule has 2 aromatic carbocycles. The minimum absolute atomic E-state index is 0.356. The fourth-order valence-corrected chi connectivity index (χ4v) is 3.76. The van der Waals surface area contributed by atoms with Gasteiger partial charge in [-0.3, -0.25) is 4.90 Å². The van der Waals surface area contributed by atoms with Gasteiger partial charge in [0.25, 0.3) is 0 Å². The third-order valence-corrected chi connectivity index (χ3v) is 5.01. The third kappa shape index (κ3) is 2.89. The molecule has 0 spiro atoms. The molecule has 0 bridgehead atoms. The van der Waals surface area contributed by atoms with Crippen molar-refractivity contribution in [2.45, 2.75) is 31.8 Å². The highest BCUT2D eigenvalue weighted by molar-refractivity contribution is 6.08. The monoisotopic (exact) mass is 348 g/mol. The Balaban J connectivity index is 1.64. The number of hydrogen-bond donors (Lipinski definition) is 1. The van der Waals surface area contributed by atoms with Crippen molar-refractivity contribution in [2.24, 2.45) is 0 Å². The van der Waals surface area contributed by atoms with E-state index < -0.39 is 12.4 Å². The van der Waals surface area contributed by atoms with Gasteiger partial charge >= 0.3 is 0 Å². The minimum atomic E-state index is -1.18. The molecule has 4 rings (SSSR count). The second-order valence-corrected chi connectivity index (χ2v) is 6.58. The highest BCUT2D eigenvalue weighted by Crippen LogP contribution is 2.30. The lowest BCUT2D eigenvalue weighted by atomic mass is 10.1. The number of aromatic nitrogens is 1. The van der Waals surface area contributed by atoms with Crippen LogP contribution >= 0.6 is 0 Å². The van der Waals surface area contributed by atoms with Gasteiger partial charge in [-0.05, 0) is 49.2 Å². The number of benzene rings is 2. The van der Waals surface area contributed by atoms with Gasteiger partial charge < -0.3 is 9.67 Å². The van der Waals surface area contributed by atoms with Gasteiger partial charge in [-0.25, -0.2) is 13.2 Å². The van der Waals surface area contributed by atoms with E-state index in [9.17, 15) is 18.3 Å². The summed E-state index contributed by atoms with van der Waals surface area (Å²) in [7, 11) is 0. The normalized spacial score (nSPS) is 21.6. The standard InChI is InChI=1S/C19H19F3N2O/c20-12-2-4-17-14(10-12)15-11-13(21)3-5-18(15)24(17)8-1-7-23-9-6-16(22)19(23)25/h2-5,10-11,16,19,25H,1,6-9H2. The molecule has 1 N–H and O–H groups in total. The van der Waals surface area contributed by atoms with Crippen LogP contribution in [0.15, 0.2) is 36.4 Å². The van der Waals surface area contributed by atoms with Gasteiger partial charge in [0.1, 0.15) is 24.0 Å². The molecule has 0 aliphatic carbocycles. The van der Waals surface area contributed by atoms with Gasteiger partial charge in [0, 0.05) is 41.4 Å². The van der Waals surface area contributed by atoms with Crippen LogP contribution in [0.4, 0.5) is 13.2 Å². The average molecular weight is 348 g/mol. The Morgan fingerprint density at radius 3 is 2.08 bits per heavy atom. The van der Waals surface area contributed by atoms with E-state index in [4.69, 9.17) is 0 Å². The lowest BCUT2D eigenvalue weighted by Gasteiger charge is -2.20. The minimum Gasteiger partial charge on any atom is -0.375 e. The molecule has 1 fully saturated rings. The largest absolute Gasteiger partial charge is 0.375 e. The smallest absolute Gasteiger partial charge is 0.141 e. The van der Waals surface area contributed by atoms with E-state index in [1.807, 2.05) is 4.57 Å². The summed E-state index contributed by atoms with van der Waals surface area (Å²) in [6.45, 7) is 1.74. The summed E-state index contributed by atoms with van der Waals surface area (Å²) in [6, 6.07) is 9.03. The molecule has 1 saturated heterocycles. The molecule has 0 radical (unpaired) electrons. The summed E-state index contributed by atoms with van der Waals surface area (Å²) >= 11 is 0. The van der Waals surface area contributed by atoms with E-state index in [-0.39, 0.29) is 11.6 Å². The highest BCUT2D eigenvalue weighted by atomic mass is 19.1. The van der Waals surface area contributed by atoms with Crippen molar-refractivity contribution < 1.29 is 18.3 Å². The number of hydrogen-bond acceptors (Lipinski definition) is 2. The van der Waals surface area contributed by atoms with Gasteiger partial charge in [0.05, 0.1) is 0 Å². The Bertz CT molecular complexity index is 865. The number of fused-ring (bicyclic) bond motifs is 3. The van der Waals surface area contributed by atoms with Gasteiger partial charge in [-0.2, -0.15) is 0 Å². The van der Waals surface area contributed by atoms with Crippen LogP contribution in [0.3, 0.4) is 0 Å². The second-order valence-electron chi connectivity index (χ2n) is 6.58. The van der Waals surface area contributed by atoms with Gasteiger partial charge in [-0.15, -0.1) is 0 Å². The molecule has 2 unspecified atom stereocenters. The molecule has 3 nitrogen and oxygen atoms in total. The van der Waals surface area contributed by atoms with E-state index in [0.717, 1.165) is 11.0 Å². The van der Waals surface area contributed by atoms with Crippen LogP contribution in [-0.4, -0.2) is 40.1 Å². The number of rotatable bonds is 4. The topological polar surface area (TPSA) is 28.4 Å². The summed E-state index contributed by atoms with van der Waals surface area (Å²) in [5, 5.41) is 11.1. The van der Waals surface area contributed by atoms with Crippen molar-refractivity contribution in [2.75, 3.05) is 13.1 Å². The Hall–Kier alpha value is -2.05. The number of aliphatic hydroxyl groups excluding tert-OH is 1. The van der Waals surface area contributed by atoms with E-state index in [2.05, 4.69) is 0 Å². The van der Waals surface area contributed by atoms with Crippen LogP contribution < -0.4 is 0 Å². The zero-order valence-electron chi connectivity index (χ0n) is 13.6. The Labute approximate surface area is 143 Å². The third-order valence-electron chi connectivity index (χ3n) is 5.01. The predicted octanol–water partition coefficient (Wildman–Crippen LogP) is 3.83. The summed E-state index contributed by atoms with van der Waals surface area (Å²) in [5.41, 5.74) is 1.68. The first-order valence-electron chi connectivity index (χ1n) is 8.48. The molecule has 25 heavy (non-hydrogen) atoms. The lowest BCUT2D eigenvalue weighted by molar-refractivity contribution is -0.00497. The zero-order valence-corrected chi connectivity index (χ0v) is 13.6. The fourth-order valence-electron chi connectivity index (χ4n) is 3.76. The average Bonchev–Trinajstić information content (AvgIpc) is 3.06. The Morgan fingerprint density at radius 1 is 0.960 bits per heavy atom. The molecule has 1 aliphatic rings. The number of alkyl halides is 1. The Morgan fingerprint density at radius 2 is 1.56 bits per heavy atom. The number of nitrogens with zero attached hydrogens (tertiary/aromatic N) is 2.